The monoisotopic (exact) mass is 278 g/mol. The summed E-state index contributed by atoms with van der Waals surface area (Å²) in [7, 11) is 1.62. The Hall–Kier alpha value is -1.23. The normalized spacial score (nSPS) is 20.8. The minimum Gasteiger partial charge on any atom is -0.391 e. The Morgan fingerprint density at radius 1 is 1.35 bits per heavy atom. The van der Waals surface area contributed by atoms with Crippen LogP contribution in [0.4, 0.5) is 0 Å². The number of carbonyl (C=O) groups is 1. The summed E-state index contributed by atoms with van der Waals surface area (Å²) in [6.45, 7) is 2.64. The number of hydrogen-bond donors (Lipinski definition) is 1. The molecule has 0 aromatic heterocycles. The number of ketones is 1. The van der Waals surface area contributed by atoms with E-state index < -0.39 is 6.10 Å². The SMILES string of the molecule is COCC(C)OCC(O)CC1Cc2ccccc2C1=O. The summed E-state index contributed by atoms with van der Waals surface area (Å²) in [4.78, 5) is 12.2. The van der Waals surface area contributed by atoms with E-state index in [-0.39, 0.29) is 24.4 Å². The van der Waals surface area contributed by atoms with Gasteiger partial charge in [0.2, 0.25) is 0 Å². The van der Waals surface area contributed by atoms with Crippen molar-refractivity contribution in [3.8, 4) is 0 Å². The molecule has 20 heavy (non-hydrogen) atoms. The maximum atomic E-state index is 12.2. The highest BCUT2D eigenvalue weighted by atomic mass is 16.5. The molecule has 1 aliphatic carbocycles. The van der Waals surface area contributed by atoms with Gasteiger partial charge in [-0.2, -0.15) is 0 Å². The molecule has 0 amide bonds. The molecule has 4 nitrogen and oxygen atoms in total. The van der Waals surface area contributed by atoms with Crippen molar-refractivity contribution in [2.45, 2.75) is 32.0 Å². The van der Waals surface area contributed by atoms with Crippen molar-refractivity contribution in [1.29, 1.82) is 0 Å². The number of rotatable bonds is 7. The molecule has 0 saturated carbocycles. The topological polar surface area (TPSA) is 55.8 Å². The third-order valence-corrected chi connectivity index (χ3v) is 3.65. The molecule has 1 aliphatic rings. The van der Waals surface area contributed by atoms with Crippen molar-refractivity contribution in [3.05, 3.63) is 35.4 Å². The molecular formula is C16H22O4. The average molecular weight is 278 g/mol. The molecule has 110 valence electrons. The van der Waals surface area contributed by atoms with Crippen LogP contribution in [0.25, 0.3) is 0 Å². The van der Waals surface area contributed by atoms with Gasteiger partial charge in [-0.25, -0.2) is 0 Å². The van der Waals surface area contributed by atoms with Crippen LogP contribution in [0.3, 0.4) is 0 Å². The fourth-order valence-electron chi connectivity index (χ4n) is 2.66. The van der Waals surface area contributed by atoms with Crippen LogP contribution in [0.1, 0.15) is 29.3 Å². The summed E-state index contributed by atoms with van der Waals surface area (Å²) < 4.78 is 10.4. The predicted molar refractivity (Wildman–Crippen MR) is 75.9 cm³/mol. The van der Waals surface area contributed by atoms with Crippen LogP contribution in [0.5, 0.6) is 0 Å². The highest BCUT2D eigenvalue weighted by Crippen LogP contribution is 2.29. The first-order chi connectivity index (χ1) is 9.61. The summed E-state index contributed by atoms with van der Waals surface area (Å²) in [5.41, 5.74) is 1.89. The molecule has 1 aromatic carbocycles. The number of fused-ring (bicyclic) bond motifs is 1. The van der Waals surface area contributed by atoms with E-state index in [2.05, 4.69) is 0 Å². The van der Waals surface area contributed by atoms with Crippen LogP contribution in [0, 0.1) is 5.92 Å². The van der Waals surface area contributed by atoms with E-state index in [0.29, 0.717) is 13.0 Å². The van der Waals surface area contributed by atoms with Gasteiger partial charge >= 0.3 is 0 Å². The fourth-order valence-corrected chi connectivity index (χ4v) is 2.66. The van der Waals surface area contributed by atoms with Crippen molar-refractivity contribution in [1.82, 2.24) is 0 Å². The molecule has 0 heterocycles. The Morgan fingerprint density at radius 3 is 2.80 bits per heavy atom. The van der Waals surface area contributed by atoms with E-state index in [1.54, 1.807) is 7.11 Å². The molecule has 0 aliphatic heterocycles. The van der Waals surface area contributed by atoms with Crippen LogP contribution in [-0.2, 0) is 15.9 Å². The van der Waals surface area contributed by atoms with Gasteiger partial charge in [0, 0.05) is 18.6 Å². The van der Waals surface area contributed by atoms with E-state index in [1.807, 2.05) is 31.2 Å². The van der Waals surface area contributed by atoms with Gasteiger partial charge in [0.1, 0.15) is 0 Å². The van der Waals surface area contributed by atoms with Gasteiger partial charge in [-0.1, -0.05) is 24.3 Å². The number of Topliss-reactive ketones (excluding diaryl/α,β-unsaturated/α-hetero) is 1. The highest BCUT2D eigenvalue weighted by Gasteiger charge is 2.31. The largest absolute Gasteiger partial charge is 0.391 e. The quantitative estimate of drug-likeness (QED) is 0.827. The van der Waals surface area contributed by atoms with E-state index in [4.69, 9.17) is 9.47 Å². The second kappa shape index (κ2) is 6.97. The Morgan fingerprint density at radius 2 is 2.10 bits per heavy atom. The standard InChI is InChI=1S/C16H22O4/c1-11(9-19-2)20-10-14(17)8-13-7-12-5-3-4-6-15(12)16(13)18/h3-6,11,13-14,17H,7-10H2,1-2H3. The maximum absolute atomic E-state index is 12.2. The Labute approximate surface area is 119 Å². The van der Waals surface area contributed by atoms with Gasteiger partial charge in [-0.3, -0.25) is 4.79 Å². The maximum Gasteiger partial charge on any atom is 0.166 e. The van der Waals surface area contributed by atoms with Gasteiger partial charge in [0.25, 0.3) is 0 Å². The summed E-state index contributed by atoms with van der Waals surface area (Å²) in [6.07, 6.45) is 0.510. The smallest absolute Gasteiger partial charge is 0.166 e. The van der Waals surface area contributed by atoms with Gasteiger partial charge in [0.15, 0.2) is 5.78 Å². The molecule has 0 fully saturated rings. The summed E-state index contributed by atoms with van der Waals surface area (Å²) in [6, 6.07) is 7.67. The molecule has 4 heteroatoms. The molecule has 0 spiro atoms. The van der Waals surface area contributed by atoms with Crippen LogP contribution in [0.15, 0.2) is 24.3 Å². The van der Waals surface area contributed by atoms with E-state index in [9.17, 15) is 9.90 Å². The minimum atomic E-state index is -0.613. The fraction of sp³-hybridized carbons (Fsp3) is 0.562. The molecule has 2 rings (SSSR count). The van der Waals surface area contributed by atoms with Crippen LogP contribution in [-0.4, -0.2) is 43.4 Å². The Balaban J connectivity index is 1.82. The van der Waals surface area contributed by atoms with Crippen molar-refractivity contribution >= 4 is 5.78 Å². The summed E-state index contributed by atoms with van der Waals surface area (Å²) in [5, 5.41) is 10.0. The predicted octanol–water partition coefficient (Wildman–Crippen LogP) is 1.84. The highest BCUT2D eigenvalue weighted by molar-refractivity contribution is 6.02. The number of hydrogen-bond acceptors (Lipinski definition) is 4. The lowest BCUT2D eigenvalue weighted by atomic mass is 9.98. The number of ether oxygens (including phenoxy) is 2. The summed E-state index contributed by atoms with van der Waals surface area (Å²) >= 11 is 0. The molecule has 0 radical (unpaired) electrons. The van der Waals surface area contributed by atoms with E-state index in [0.717, 1.165) is 17.5 Å². The molecule has 1 aromatic rings. The van der Waals surface area contributed by atoms with E-state index >= 15 is 0 Å². The first-order valence-corrected chi connectivity index (χ1v) is 7.02. The lowest BCUT2D eigenvalue weighted by Gasteiger charge is -2.17. The molecule has 0 saturated heterocycles. The van der Waals surface area contributed by atoms with Crippen molar-refractivity contribution < 1.29 is 19.4 Å². The van der Waals surface area contributed by atoms with Crippen molar-refractivity contribution in [2.75, 3.05) is 20.3 Å². The summed E-state index contributed by atoms with van der Waals surface area (Å²) in [5.74, 6) is 0.0216. The van der Waals surface area contributed by atoms with Crippen molar-refractivity contribution in [3.63, 3.8) is 0 Å². The average Bonchev–Trinajstić information content (AvgIpc) is 2.74. The van der Waals surface area contributed by atoms with E-state index in [1.165, 1.54) is 0 Å². The number of aliphatic hydroxyl groups excluding tert-OH is 1. The zero-order chi connectivity index (χ0) is 14.5. The second-order valence-corrected chi connectivity index (χ2v) is 5.41. The zero-order valence-electron chi connectivity index (χ0n) is 12.0. The molecular weight excluding hydrogens is 256 g/mol. The van der Waals surface area contributed by atoms with Crippen LogP contribution >= 0.6 is 0 Å². The number of carbonyl (C=O) groups excluding carboxylic acids is 1. The second-order valence-electron chi connectivity index (χ2n) is 5.41. The number of benzene rings is 1. The van der Waals surface area contributed by atoms with Gasteiger partial charge in [0.05, 0.1) is 25.4 Å². The molecule has 3 unspecified atom stereocenters. The van der Waals surface area contributed by atoms with Gasteiger partial charge in [-0.05, 0) is 25.3 Å². The lowest BCUT2D eigenvalue weighted by Crippen LogP contribution is -2.26. The number of aliphatic hydroxyl groups is 1. The first-order valence-electron chi connectivity index (χ1n) is 7.02. The van der Waals surface area contributed by atoms with Gasteiger partial charge in [-0.15, -0.1) is 0 Å². The van der Waals surface area contributed by atoms with Crippen LogP contribution < -0.4 is 0 Å². The Kier molecular flexibility index (Phi) is 5.29. The van der Waals surface area contributed by atoms with Gasteiger partial charge < -0.3 is 14.6 Å². The van der Waals surface area contributed by atoms with Crippen LogP contribution in [0.2, 0.25) is 0 Å². The third kappa shape index (κ3) is 3.66. The minimum absolute atomic E-state index is 0.0499. The molecule has 0 bridgehead atoms. The molecule has 1 N–H and O–H groups in total. The molecule has 3 atom stereocenters. The lowest BCUT2D eigenvalue weighted by molar-refractivity contribution is -0.0363. The first kappa shape index (κ1) is 15.2. The number of methoxy groups -OCH3 is 1. The third-order valence-electron chi connectivity index (χ3n) is 3.65. The Bertz CT molecular complexity index is 458. The zero-order valence-corrected chi connectivity index (χ0v) is 12.0. The van der Waals surface area contributed by atoms with Crippen molar-refractivity contribution in [2.24, 2.45) is 5.92 Å².